The summed E-state index contributed by atoms with van der Waals surface area (Å²) in [7, 11) is 0. The van der Waals surface area contributed by atoms with Crippen molar-refractivity contribution in [3.8, 4) is 0 Å². The highest BCUT2D eigenvalue weighted by atomic mass is 32.2. The maximum absolute atomic E-state index is 13.7. The Kier molecular flexibility index (Phi) is 9.63. The Balaban J connectivity index is 1.22. The molecule has 0 bridgehead atoms. The molecule has 0 saturated carbocycles. The number of para-hydroxylation sites is 1. The van der Waals surface area contributed by atoms with Crippen LogP contribution in [0.2, 0.25) is 0 Å². The van der Waals surface area contributed by atoms with E-state index in [2.05, 4.69) is 20.9 Å². The van der Waals surface area contributed by atoms with Gasteiger partial charge in [-0.3, -0.25) is 14.4 Å². The summed E-state index contributed by atoms with van der Waals surface area (Å²) in [6.45, 7) is 0. The van der Waals surface area contributed by atoms with Crippen LogP contribution in [0, 0.1) is 0 Å². The van der Waals surface area contributed by atoms with Gasteiger partial charge in [-0.25, -0.2) is 4.98 Å². The first-order valence-corrected chi connectivity index (χ1v) is 16.1. The van der Waals surface area contributed by atoms with Crippen LogP contribution in [0.3, 0.4) is 0 Å². The number of anilines is 2. The third-order valence-corrected chi connectivity index (χ3v) is 9.05. The fraction of sp³-hybridized carbons (Fsp3) is 0.0270. The molecule has 0 aliphatic heterocycles. The Morgan fingerprint density at radius 3 is 2.13 bits per heavy atom. The van der Waals surface area contributed by atoms with Crippen molar-refractivity contribution in [3.63, 3.8) is 0 Å². The largest absolute Gasteiger partial charge is 0.321 e. The molecule has 1 atom stereocenters. The predicted molar refractivity (Wildman–Crippen MR) is 187 cm³/mol. The summed E-state index contributed by atoms with van der Waals surface area (Å²) in [6, 6.07) is 42.6. The van der Waals surface area contributed by atoms with Gasteiger partial charge in [0, 0.05) is 16.1 Å². The molecule has 6 rings (SSSR count). The van der Waals surface area contributed by atoms with E-state index >= 15 is 0 Å². The summed E-state index contributed by atoms with van der Waals surface area (Å²) in [4.78, 5) is 45.5. The molecule has 7 nitrogen and oxygen atoms in total. The summed E-state index contributed by atoms with van der Waals surface area (Å²) in [5.41, 5.74) is 3.46. The Bertz CT molecular complexity index is 1980. The lowest BCUT2D eigenvalue weighted by Gasteiger charge is -2.17. The minimum atomic E-state index is -0.585. The molecule has 5 aromatic carbocycles. The van der Waals surface area contributed by atoms with Gasteiger partial charge in [0.2, 0.25) is 5.91 Å². The van der Waals surface area contributed by atoms with Crippen LogP contribution in [-0.2, 0) is 9.59 Å². The van der Waals surface area contributed by atoms with Crippen LogP contribution in [0.25, 0.3) is 16.3 Å². The zero-order valence-electron chi connectivity index (χ0n) is 24.4. The first-order chi connectivity index (χ1) is 22.5. The van der Waals surface area contributed by atoms with Crippen LogP contribution in [-0.4, -0.2) is 22.7 Å². The van der Waals surface area contributed by atoms with E-state index in [9.17, 15) is 14.4 Å². The number of thiazole rings is 1. The number of amides is 3. The molecule has 0 aliphatic rings. The molecule has 46 heavy (non-hydrogen) atoms. The van der Waals surface area contributed by atoms with Gasteiger partial charge in [0.25, 0.3) is 11.8 Å². The van der Waals surface area contributed by atoms with Gasteiger partial charge < -0.3 is 16.0 Å². The normalized spacial score (nSPS) is 11.9. The highest BCUT2D eigenvalue weighted by Gasteiger charge is 2.24. The summed E-state index contributed by atoms with van der Waals surface area (Å²) in [6.07, 6.45) is 1.63. The molecule has 3 amide bonds. The average Bonchev–Trinajstić information content (AvgIpc) is 3.50. The van der Waals surface area contributed by atoms with E-state index in [0.29, 0.717) is 16.4 Å². The molecular formula is C37H28N4O3S2. The van der Waals surface area contributed by atoms with Crippen LogP contribution < -0.4 is 16.0 Å². The number of hydrogen-bond donors (Lipinski definition) is 3. The zero-order chi connectivity index (χ0) is 31.7. The second-order valence-corrected chi connectivity index (χ2v) is 12.4. The van der Waals surface area contributed by atoms with Crippen LogP contribution in [0.1, 0.15) is 26.7 Å². The van der Waals surface area contributed by atoms with E-state index in [-0.39, 0.29) is 11.6 Å². The molecule has 0 radical (unpaired) electrons. The number of carbonyl (C=O) groups excluding carboxylic acids is 3. The van der Waals surface area contributed by atoms with Crippen molar-refractivity contribution in [1.82, 2.24) is 10.3 Å². The number of rotatable bonds is 10. The van der Waals surface area contributed by atoms with E-state index in [1.165, 1.54) is 23.1 Å². The monoisotopic (exact) mass is 640 g/mol. The van der Waals surface area contributed by atoms with Crippen molar-refractivity contribution < 1.29 is 14.4 Å². The number of carbonyl (C=O) groups is 3. The number of fused-ring (bicyclic) bond motifs is 1. The summed E-state index contributed by atoms with van der Waals surface area (Å²) < 4.78 is 0.991. The first-order valence-electron chi connectivity index (χ1n) is 14.4. The molecule has 6 aromatic rings. The van der Waals surface area contributed by atoms with Crippen molar-refractivity contribution in [3.05, 3.63) is 162 Å². The number of aromatic nitrogens is 1. The summed E-state index contributed by atoms with van der Waals surface area (Å²) >= 11 is 2.79. The summed E-state index contributed by atoms with van der Waals surface area (Å²) in [5, 5.41) is 8.62. The van der Waals surface area contributed by atoms with Gasteiger partial charge in [-0.15, -0.1) is 11.8 Å². The van der Waals surface area contributed by atoms with Crippen molar-refractivity contribution >= 4 is 67.9 Å². The number of hydrogen-bond acceptors (Lipinski definition) is 6. The number of nitrogens with zero attached hydrogens (tertiary/aromatic N) is 1. The van der Waals surface area contributed by atoms with Gasteiger partial charge in [-0.1, -0.05) is 108 Å². The standard InChI is InChI=1S/C37H28N4O3S2/c42-34(27-17-8-3-9-18-27)39-31(23-25-13-4-1-5-14-25)35(43)38-28-19-12-20-29(24-28)45-33(26-15-6-2-7-16-26)36(44)41-37-40-30-21-10-11-22-32(30)46-37/h1-24,33H,(H,38,43)(H,39,42)(H,40,41,44)/b31-23-. The van der Waals surface area contributed by atoms with E-state index in [1.54, 1.807) is 36.4 Å². The molecule has 3 N–H and O–H groups in total. The smallest absolute Gasteiger partial charge is 0.272 e. The Hall–Kier alpha value is -5.51. The number of benzene rings is 5. The Labute approximate surface area is 274 Å². The molecule has 0 saturated heterocycles. The molecule has 226 valence electrons. The van der Waals surface area contributed by atoms with E-state index in [0.717, 1.165) is 26.2 Å². The molecule has 0 fully saturated rings. The zero-order valence-corrected chi connectivity index (χ0v) is 26.1. The van der Waals surface area contributed by atoms with Crippen LogP contribution in [0.15, 0.2) is 150 Å². The second kappa shape index (κ2) is 14.5. The second-order valence-electron chi connectivity index (χ2n) is 10.2. The lowest BCUT2D eigenvalue weighted by Crippen LogP contribution is -2.30. The fourth-order valence-corrected chi connectivity index (χ4v) is 6.59. The molecule has 9 heteroatoms. The van der Waals surface area contributed by atoms with Crippen molar-refractivity contribution in [2.75, 3.05) is 10.6 Å². The first kappa shape index (κ1) is 30.5. The van der Waals surface area contributed by atoms with Crippen LogP contribution in [0.4, 0.5) is 10.8 Å². The average molecular weight is 641 g/mol. The van der Waals surface area contributed by atoms with Gasteiger partial charge in [0.15, 0.2) is 5.13 Å². The molecule has 0 aliphatic carbocycles. The number of thioether (sulfide) groups is 1. The lowest BCUT2D eigenvalue weighted by molar-refractivity contribution is -0.116. The highest BCUT2D eigenvalue weighted by Crippen LogP contribution is 2.38. The van der Waals surface area contributed by atoms with Gasteiger partial charge in [-0.2, -0.15) is 0 Å². The lowest BCUT2D eigenvalue weighted by atomic mass is 10.1. The van der Waals surface area contributed by atoms with Crippen LogP contribution in [0.5, 0.6) is 0 Å². The molecule has 1 aromatic heterocycles. The van der Waals surface area contributed by atoms with Crippen molar-refractivity contribution in [1.29, 1.82) is 0 Å². The van der Waals surface area contributed by atoms with Gasteiger partial charge in [-0.05, 0) is 59.7 Å². The predicted octanol–water partition coefficient (Wildman–Crippen LogP) is 8.18. The van der Waals surface area contributed by atoms with Crippen LogP contribution >= 0.6 is 23.1 Å². The molecule has 1 unspecified atom stereocenters. The minimum absolute atomic E-state index is 0.0930. The molecule has 1 heterocycles. The Morgan fingerprint density at radius 2 is 1.39 bits per heavy atom. The quantitative estimate of drug-likeness (QED) is 0.104. The Morgan fingerprint density at radius 1 is 0.717 bits per heavy atom. The van der Waals surface area contributed by atoms with Gasteiger partial charge >= 0.3 is 0 Å². The van der Waals surface area contributed by atoms with E-state index < -0.39 is 17.1 Å². The molecule has 0 spiro atoms. The SMILES string of the molecule is O=C(Nc1cccc(SC(C(=O)Nc2nc3ccccc3s2)c2ccccc2)c1)/C(=C/c1ccccc1)NC(=O)c1ccccc1. The van der Waals surface area contributed by atoms with Gasteiger partial charge in [0.05, 0.1) is 10.2 Å². The molecular weight excluding hydrogens is 613 g/mol. The maximum atomic E-state index is 13.7. The topological polar surface area (TPSA) is 100 Å². The highest BCUT2D eigenvalue weighted by molar-refractivity contribution is 8.00. The number of nitrogens with one attached hydrogen (secondary N) is 3. The fourth-order valence-electron chi connectivity index (χ4n) is 4.64. The van der Waals surface area contributed by atoms with E-state index in [1.807, 2.05) is 109 Å². The third-order valence-electron chi connectivity index (χ3n) is 6.85. The summed E-state index contributed by atoms with van der Waals surface area (Å²) in [5.74, 6) is -1.09. The van der Waals surface area contributed by atoms with Crippen molar-refractivity contribution in [2.24, 2.45) is 0 Å². The maximum Gasteiger partial charge on any atom is 0.272 e. The van der Waals surface area contributed by atoms with E-state index in [4.69, 9.17) is 0 Å². The van der Waals surface area contributed by atoms with Crippen molar-refractivity contribution in [2.45, 2.75) is 10.1 Å². The van der Waals surface area contributed by atoms with Gasteiger partial charge in [0.1, 0.15) is 10.9 Å². The third kappa shape index (κ3) is 7.76. The minimum Gasteiger partial charge on any atom is -0.321 e.